The van der Waals surface area contributed by atoms with E-state index >= 15 is 0 Å². The van der Waals surface area contributed by atoms with E-state index in [2.05, 4.69) is 0 Å². The van der Waals surface area contributed by atoms with Crippen LogP contribution in [0.4, 0.5) is 0 Å². The van der Waals surface area contributed by atoms with Gasteiger partial charge >= 0.3 is 5.97 Å². The largest absolute Gasteiger partial charge is 0.466 e. The zero-order valence-corrected chi connectivity index (χ0v) is 8.86. The third-order valence-electron chi connectivity index (χ3n) is 2.08. The molecule has 0 saturated heterocycles. The number of benzene rings is 1. The van der Waals surface area contributed by atoms with E-state index in [1.54, 1.807) is 31.2 Å². The summed E-state index contributed by atoms with van der Waals surface area (Å²) in [4.78, 5) is 11.0. The molecule has 15 heavy (non-hydrogen) atoms. The van der Waals surface area contributed by atoms with Gasteiger partial charge in [-0.3, -0.25) is 9.90 Å². The molecule has 1 rings (SSSR count). The summed E-state index contributed by atoms with van der Waals surface area (Å²) >= 11 is 0. The van der Waals surface area contributed by atoms with Crippen LogP contribution >= 0.6 is 0 Å². The highest BCUT2D eigenvalue weighted by atomic mass is 16.5. The number of hydrogen-bond donors (Lipinski definition) is 0. The van der Waals surface area contributed by atoms with E-state index in [1.165, 1.54) is 0 Å². The lowest BCUT2D eigenvalue weighted by Gasteiger charge is -2.02. The molecule has 0 spiro atoms. The minimum atomic E-state index is -0.155. The van der Waals surface area contributed by atoms with Crippen molar-refractivity contribution in [2.24, 2.45) is 0 Å². The van der Waals surface area contributed by atoms with Gasteiger partial charge in [0.2, 0.25) is 0 Å². The predicted octanol–water partition coefficient (Wildman–Crippen LogP) is 2.72. The van der Waals surface area contributed by atoms with Gasteiger partial charge in [-0.25, -0.2) is 0 Å². The molecule has 0 bridgehead atoms. The summed E-state index contributed by atoms with van der Waals surface area (Å²) in [6.45, 7) is 2.23. The summed E-state index contributed by atoms with van der Waals surface area (Å²) in [5.41, 5.74) is 1.08. The van der Waals surface area contributed by atoms with Crippen LogP contribution in [0.5, 0.6) is 5.75 Å². The van der Waals surface area contributed by atoms with Crippen LogP contribution in [0.2, 0.25) is 0 Å². The number of hydrogen-bond acceptors (Lipinski definition) is 2. The molecule has 0 aromatic heterocycles. The van der Waals surface area contributed by atoms with Crippen molar-refractivity contribution >= 4 is 5.97 Å². The third kappa shape index (κ3) is 4.49. The fraction of sp³-hybridized carbons (Fsp3) is 0.417. The Balaban J connectivity index is 2.26. The quantitative estimate of drug-likeness (QED) is 0.697. The van der Waals surface area contributed by atoms with E-state index < -0.39 is 0 Å². The van der Waals surface area contributed by atoms with Crippen LogP contribution < -0.4 is 0 Å². The summed E-state index contributed by atoms with van der Waals surface area (Å²) in [6, 6.07) is 6.68. The maximum absolute atomic E-state index is 11.0. The second-order valence-corrected chi connectivity index (χ2v) is 3.30. The molecule has 3 heteroatoms. The van der Waals surface area contributed by atoms with Crippen molar-refractivity contribution in [3.8, 4) is 5.75 Å². The summed E-state index contributed by atoms with van der Waals surface area (Å²) in [5, 5.41) is 10.8. The molecule has 81 valence electrons. The second-order valence-electron chi connectivity index (χ2n) is 3.30. The molecule has 0 unspecified atom stereocenters. The maximum atomic E-state index is 11.0. The SMILES string of the molecule is CCOC(=O)CCCc1ccc([O])cc1. The molecule has 0 aliphatic carbocycles. The Morgan fingerprint density at radius 2 is 1.93 bits per heavy atom. The van der Waals surface area contributed by atoms with Crippen LogP contribution in [0, 0.1) is 0 Å². The predicted molar refractivity (Wildman–Crippen MR) is 56.1 cm³/mol. The number of ether oxygens (including phenoxy) is 1. The maximum Gasteiger partial charge on any atom is 0.305 e. The summed E-state index contributed by atoms with van der Waals surface area (Å²) in [7, 11) is 0. The van der Waals surface area contributed by atoms with E-state index in [0.717, 1.165) is 18.4 Å². The van der Waals surface area contributed by atoms with E-state index in [-0.39, 0.29) is 11.7 Å². The minimum absolute atomic E-state index is 0.0177. The molecule has 3 nitrogen and oxygen atoms in total. The summed E-state index contributed by atoms with van der Waals surface area (Å²) in [5.74, 6) is -0.137. The first-order chi connectivity index (χ1) is 7.22. The Morgan fingerprint density at radius 3 is 2.53 bits per heavy atom. The highest BCUT2D eigenvalue weighted by Gasteiger charge is 2.01. The zero-order valence-electron chi connectivity index (χ0n) is 8.86. The molecule has 0 atom stereocenters. The standard InChI is InChI=1S/C12H15O3/c1-2-15-12(14)5-3-4-10-6-8-11(13)9-7-10/h6-9H,2-5H2,1H3. The van der Waals surface area contributed by atoms with Gasteiger partial charge in [-0.1, -0.05) is 12.1 Å². The van der Waals surface area contributed by atoms with Crippen LogP contribution in [0.15, 0.2) is 24.3 Å². The normalized spacial score (nSPS) is 9.93. The molecule has 1 radical (unpaired) electrons. The Labute approximate surface area is 89.7 Å². The monoisotopic (exact) mass is 207 g/mol. The van der Waals surface area contributed by atoms with E-state index in [9.17, 15) is 9.90 Å². The Hall–Kier alpha value is -1.51. The molecule has 0 heterocycles. The van der Waals surface area contributed by atoms with Crippen LogP contribution in [0.1, 0.15) is 25.3 Å². The van der Waals surface area contributed by atoms with Crippen molar-refractivity contribution in [2.45, 2.75) is 26.2 Å². The Kier molecular flexibility index (Phi) is 4.68. The van der Waals surface area contributed by atoms with Gasteiger partial charge in [0.25, 0.3) is 0 Å². The average Bonchev–Trinajstić information content (AvgIpc) is 2.21. The molecule has 0 saturated carbocycles. The molecule has 0 amide bonds. The van der Waals surface area contributed by atoms with Gasteiger partial charge in [-0.2, -0.15) is 0 Å². The molecule has 0 N–H and O–H groups in total. The van der Waals surface area contributed by atoms with Crippen LogP contribution in [0.25, 0.3) is 0 Å². The van der Waals surface area contributed by atoms with Crippen molar-refractivity contribution < 1.29 is 14.6 Å². The smallest absolute Gasteiger partial charge is 0.305 e. The number of carbonyl (C=O) groups is 1. The van der Waals surface area contributed by atoms with Crippen LogP contribution in [-0.2, 0) is 21.1 Å². The molecule has 0 aliphatic rings. The highest BCUT2D eigenvalue weighted by molar-refractivity contribution is 5.69. The Morgan fingerprint density at radius 1 is 1.27 bits per heavy atom. The second kappa shape index (κ2) is 6.06. The first-order valence-corrected chi connectivity index (χ1v) is 5.14. The van der Waals surface area contributed by atoms with Crippen molar-refractivity contribution in [3.05, 3.63) is 29.8 Å². The van der Waals surface area contributed by atoms with Crippen LogP contribution in [-0.4, -0.2) is 12.6 Å². The van der Waals surface area contributed by atoms with Gasteiger partial charge in [0.15, 0.2) is 5.75 Å². The molecular weight excluding hydrogens is 192 g/mol. The van der Waals surface area contributed by atoms with E-state index in [0.29, 0.717) is 13.0 Å². The van der Waals surface area contributed by atoms with E-state index in [4.69, 9.17) is 4.74 Å². The average molecular weight is 207 g/mol. The lowest BCUT2D eigenvalue weighted by molar-refractivity contribution is -0.143. The molecule has 0 aliphatic heterocycles. The summed E-state index contributed by atoms with van der Waals surface area (Å²) in [6.07, 6.45) is 2.00. The van der Waals surface area contributed by atoms with E-state index in [1.807, 2.05) is 0 Å². The fourth-order valence-electron chi connectivity index (χ4n) is 1.33. The number of esters is 1. The van der Waals surface area contributed by atoms with Gasteiger partial charge in [-0.15, -0.1) is 0 Å². The first-order valence-electron chi connectivity index (χ1n) is 5.14. The van der Waals surface area contributed by atoms with Crippen molar-refractivity contribution in [3.63, 3.8) is 0 Å². The molecule has 1 aromatic rings. The van der Waals surface area contributed by atoms with Crippen LogP contribution in [0.3, 0.4) is 0 Å². The fourth-order valence-corrected chi connectivity index (χ4v) is 1.33. The topological polar surface area (TPSA) is 46.2 Å². The molecular formula is C12H15O3. The minimum Gasteiger partial charge on any atom is -0.466 e. The zero-order chi connectivity index (χ0) is 11.1. The molecule has 1 aromatic carbocycles. The number of aryl methyl sites for hydroxylation is 1. The third-order valence-corrected chi connectivity index (χ3v) is 2.08. The number of carbonyl (C=O) groups excluding carboxylic acids is 1. The summed E-state index contributed by atoms with van der Waals surface area (Å²) < 4.78 is 4.81. The van der Waals surface area contributed by atoms with Crippen molar-refractivity contribution in [1.29, 1.82) is 0 Å². The number of rotatable bonds is 5. The molecule has 0 fully saturated rings. The lowest BCUT2D eigenvalue weighted by atomic mass is 10.1. The van der Waals surface area contributed by atoms with Gasteiger partial charge in [0.1, 0.15) is 0 Å². The van der Waals surface area contributed by atoms with Gasteiger partial charge in [0.05, 0.1) is 6.61 Å². The highest BCUT2D eigenvalue weighted by Crippen LogP contribution is 2.12. The van der Waals surface area contributed by atoms with Gasteiger partial charge in [-0.05, 0) is 37.5 Å². The Bertz CT molecular complexity index is 303. The lowest BCUT2D eigenvalue weighted by Crippen LogP contribution is -2.03. The van der Waals surface area contributed by atoms with Gasteiger partial charge in [0, 0.05) is 6.42 Å². The van der Waals surface area contributed by atoms with Gasteiger partial charge < -0.3 is 4.74 Å². The van der Waals surface area contributed by atoms with Crippen molar-refractivity contribution in [2.75, 3.05) is 6.61 Å². The first kappa shape index (κ1) is 11.6. The van der Waals surface area contributed by atoms with Crippen molar-refractivity contribution in [1.82, 2.24) is 0 Å².